The van der Waals surface area contributed by atoms with Crippen LogP contribution >= 0.6 is 0 Å². The molecule has 0 saturated carbocycles. The molecule has 0 aliphatic heterocycles. The Labute approximate surface area is 132 Å². The standard InChI is InChI=1S/C17H25N3O2/c1-17(2,3)22-16(21)20-11-5-4-10-19-13-15-8-6-14(12-18)7-9-15/h6-9,19H,4-5,10-11,13H2,1-3H3,(H,20,21). The summed E-state index contributed by atoms with van der Waals surface area (Å²) in [5.74, 6) is 0. The number of nitrogens with zero attached hydrogens (tertiary/aromatic N) is 1. The van der Waals surface area contributed by atoms with Crippen LogP contribution < -0.4 is 10.6 Å². The van der Waals surface area contributed by atoms with Crippen LogP contribution in [-0.4, -0.2) is 24.8 Å². The van der Waals surface area contributed by atoms with Gasteiger partial charge < -0.3 is 15.4 Å². The average Bonchev–Trinajstić information content (AvgIpc) is 2.45. The number of amides is 1. The third-order valence-corrected chi connectivity index (χ3v) is 2.86. The molecule has 1 aromatic carbocycles. The highest BCUT2D eigenvalue weighted by Crippen LogP contribution is 2.06. The highest BCUT2D eigenvalue weighted by atomic mass is 16.6. The minimum absolute atomic E-state index is 0.363. The van der Waals surface area contributed by atoms with Gasteiger partial charge in [0.05, 0.1) is 11.6 Å². The number of carbonyl (C=O) groups is 1. The van der Waals surface area contributed by atoms with Crippen LogP contribution in [0.3, 0.4) is 0 Å². The van der Waals surface area contributed by atoms with E-state index >= 15 is 0 Å². The van der Waals surface area contributed by atoms with Crippen molar-refractivity contribution in [2.24, 2.45) is 0 Å². The number of hydrogen-bond donors (Lipinski definition) is 2. The highest BCUT2D eigenvalue weighted by Gasteiger charge is 2.15. The van der Waals surface area contributed by atoms with Gasteiger partial charge in [0.25, 0.3) is 0 Å². The van der Waals surface area contributed by atoms with Crippen molar-refractivity contribution in [2.45, 2.75) is 45.8 Å². The zero-order chi connectivity index (χ0) is 16.4. The molecule has 1 aromatic rings. The van der Waals surface area contributed by atoms with Gasteiger partial charge in [-0.2, -0.15) is 5.26 Å². The Hall–Kier alpha value is -2.06. The highest BCUT2D eigenvalue weighted by molar-refractivity contribution is 5.67. The van der Waals surface area contributed by atoms with E-state index < -0.39 is 5.60 Å². The van der Waals surface area contributed by atoms with E-state index in [0.29, 0.717) is 12.1 Å². The number of benzene rings is 1. The SMILES string of the molecule is CC(C)(C)OC(=O)NCCCCNCc1ccc(C#N)cc1. The van der Waals surface area contributed by atoms with Gasteiger partial charge in [0.15, 0.2) is 0 Å². The molecule has 0 unspecified atom stereocenters. The minimum atomic E-state index is -0.452. The molecule has 0 saturated heterocycles. The molecule has 5 heteroatoms. The first-order valence-electron chi connectivity index (χ1n) is 7.57. The lowest BCUT2D eigenvalue weighted by atomic mass is 10.1. The normalized spacial score (nSPS) is 10.8. The van der Waals surface area contributed by atoms with Crippen molar-refractivity contribution >= 4 is 6.09 Å². The van der Waals surface area contributed by atoms with Gasteiger partial charge in [-0.1, -0.05) is 12.1 Å². The number of ether oxygens (including phenoxy) is 1. The van der Waals surface area contributed by atoms with Crippen molar-refractivity contribution in [2.75, 3.05) is 13.1 Å². The molecule has 120 valence electrons. The van der Waals surface area contributed by atoms with Gasteiger partial charge in [0, 0.05) is 13.1 Å². The third-order valence-electron chi connectivity index (χ3n) is 2.86. The Kier molecular flexibility index (Phi) is 7.41. The summed E-state index contributed by atoms with van der Waals surface area (Å²) in [6, 6.07) is 9.65. The maximum absolute atomic E-state index is 11.4. The quantitative estimate of drug-likeness (QED) is 0.759. The first-order chi connectivity index (χ1) is 10.4. The van der Waals surface area contributed by atoms with Crippen LogP contribution in [0.4, 0.5) is 4.79 Å². The maximum Gasteiger partial charge on any atom is 0.407 e. The molecule has 0 aromatic heterocycles. The van der Waals surface area contributed by atoms with Gasteiger partial charge in [-0.05, 0) is 57.9 Å². The van der Waals surface area contributed by atoms with E-state index in [1.165, 1.54) is 0 Å². The van der Waals surface area contributed by atoms with Crippen molar-refractivity contribution in [1.82, 2.24) is 10.6 Å². The molecule has 1 amide bonds. The van der Waals surface area contributed by atoms with Gasteiger partial charge in [-0.3, -0.25) is 0 Å². The van der Waals surface area contributed by atoms with Gasteiger partial charge in [-0.25, -0.2) is 4.79 Å². The zero-order valence-electron chi connectivity index (χ0n) is 13.6. The molecule has 0 spiro atoms. The van der Waals surface area contributed by atoms with Crippen LogP contribution in [-0.2, 0) is 11.3 Å². The van der Waals surface area contributed by atoms with Crippen molar-refractivity contribution in [1.29, 1.82) is 5.26 Å². The molecule has 0 aliphatic rings. The van der Waals surface area contributed by atoms with E-state index in [0.717, 1.165) is 31.5 Å². The summed E-state index contributed by atoms with van der Waals surface area (Å²) in [6.45, 7) is 7.83. The number of unbranched alkanes of at least 4 members (excludes halogenated alkanes) is 1. The molecular formula is C17H25N3O2. The van der Waals surface area contributed by atoms with Crippen molar-refractivity contribution in [3.63, 3.8) is 0 Å². The molecule has 0 bridgehead atoms. The first-order valence-corrected chi connectivity index (χ1v) is 7.57. The summed E-state index contributed by atoms with van der Waals surface area (Å²) in [5.41, 5.74) is 1.38. The van der Waals surface area contributed by atoms with Crippen LogP contribution in [0.15, 0.2) is 24.3 Å². The lowest BCUT2D eigenvalue weighted by Gasteiger charge is -2.19. The van der Waals surface area contributed by atoms with Gasteiger partial charge >= 0.3 is 6.09 Å². The van der Waals surface area contributed by atoms with E-state index in [1.807, 2.05) is 45.0 Å². The van der Waals surface area contributed by atoms with Crippen LogP contribution in [0.2, 0.25) is 0 Å². The Balaban J connectivity index is 2.04. The number of nitrogens with one attached hydrogen (secondary N) is 2. The predicted molar refractivity (Wildman–Crippen MR) is 86.3 cm³/mol. The summed E-state index contributed by atoms with van der Waals surface area (Å²) < 4.78 is 5.15. The fourth-order valence-corrected chi connectivity index (χ4v) is 1.81. The summed E-state index contributed by atoms with van der Waals surface area (Å²) in [4.78, 5) is 11.4. The predicted octanol–water partition coefficient (Wildman–Crippen LogP) is 2.95. The first kappa shape index (κ1) is 18.0. The van der Waals surface area contributed by atoms with Crippen molar-refractivity contribution in [3.8, 4) is 6.07 Å². The summed E-state index contributed by atoms with van der Waals surface area (Å²) >= 11 is 0. The molecule has 0 radical (unpaired) electrons. The van der Waals surface area contributed by atoms with E-state index in [9.17, 15) is 4.79 Å². The van der Waals surface area contributed by atoms with Crippen molar-refractivity contribution in [3.05, 3.63) is 35.4 Å². The molecule has 0 atom stereocenters. The maximum atomic E-state index is 11.4. The Bertz CT molecular complexity index is 498. The molecular weight excluding hydrogens is 278 g/mol. The Morgan fingerprint density at radius 3 is 2.41 bits per heavy atom. The molecule has 0 aliphatic carbocycles. The smallest absolute Gasteiger partial charge is 0.407 e. The second-order valence-electron chi connectivity index (χ2n) is 6.12. The van der Waals surface area contributed by atoms with Crippen LogP contribution in [0.1, 0.15) is 44.7 Å². The second kappa shape index (κ2) is 9.06. The minimum Gasteiger partial charge on any atom is -0.444 e. The van der Waals surface area contributed by atoms with Gasteiger partial charge in [0.2, 0.25) is 0 Å². The van der Waals surface area contributed by atoms with E-state index in [4.69, 9.17) is 10.00 Å². The fourth-order valence-electron chi connectivity index (χ4n) is 1.81. The van der Waals surface area contributed by atoms with Gasteiger partial charge in [0.1, 0.15) is 5.60 Å². The topological polar surface area (TPSA) is 74.2 Å². The molecule has 22 heavy (non-hydrogen) atoms. The average molecular weight is 303 g/mol. The number of nitriles is 1. The largest absolute Gasteiger partial charge is 0.444 e. The molecule has 0 fully saturated rings. The number of carbonyl (C=O) groups excluding carboxylic acids is 1. The number of alkyl carbamates (subject to hydrolysis) is 1. The van der Waals surface area contributed by atoms with Crippen LogP contribution in [0, 0.1) is 11.3 Å². The summed E-state index contributed by atoms with van der Waals surface area (Å²) in [5, 5.41) is 14.8. The van der Waals surface area contributed by atoms with E-state index in [2.05, 4.69) is 16.7 Å². The molecule has 1 rings (SSSR count). The summed E-state index contributed by atoms with van der Waals surface area (Å²) in [6.07, 6.45) is 1.52. The van der Waals surface area contributed by atoms with E-state index in [-0.39, 0.29) is 6.09 Å². The lowest BCUT2D eigenvalue weighted by Crippen LogP contribution is -2.33. The lowest BCUT2D eigenvalue weighted by molar-refractivity contribution is 0.0527. The van der Waals surface area contributed by atoms with Gasteiger partial charge in [-0.15, -0.1) is 0 Å². The van der Waals surface area contributed by atoms with Crippen molar-refractivity contribution < 1.29 is 9.53 Å². The Morgan fingerprint density at radius 1 is 1.18 bits per heavy atom. The molecule has 0 heterocycles. The monoisotopic (exact) mass is 303 g/mol. The second-order valence-corrected chi connectivity index (χ2v) is 6.12. The Morgan fingerprint density at radius 2 is 1.82 bits per heavy atom. The fraction of sp³-hybridized carbons (Fsp3) is 0.529. The zero-order valence-corrected chi connectivity index (χ0v) is 13.6. The van der Waals surface area contributed by atoms with Crippen LogP contribution in [0.25, 0.3) is 0 Å². The third kappa shape index (κ3) is 8.28. The molecule has 2 N–H and O–H groups in total. The number of rotatable bonds is 7. The summed E-state index contributed by atoms with van der Waals surface area (Å²) in [7, 11) is 0. The molecule has 5 nitrogen and oxygen atoms in total. The van der Waals surface area contributed by atoms with E-state index in [1.54, 1.807) is 0 Å². The van der Waals surface area contributed by atoms with Crippen LogP contribution in [0.5, 0.6) is 0 Å². The number of hydrogen-bond acceptors (Lipinski definition) is 4.